The molecule has 1 fully saturated rings. The highest BCUT2D eigenvalue weighted by molar-refractivity contribution is 7.22. The number of amides is 1. The molecule has 5 rings (SSSR count). The molecule has 0 aliphatic carbocycles. The van der Waals surface area contributed by atoms with E-state index in [-0.39, 0.29) is 11.3 Å². The Morgan fingerprint density at radius 2 is 1.86 bits per heavy atom. The van der Waals surface area contributed by atoms with Gasteiger partial charge in [-0.3, -0.25) is 14.5 Å². The molecule has 1 saturated heterocycles. The van der Waals surface area contributed by atoms with Gasteiger partial charge in [0.15, 0.2) is 5.13 Å². The van der Waals surface area contributed by atoms with Crippen LogP contribution in [-0.4, -0.2) is 28.9 Å². The van der Waals surface area contributed by atoms with E-state index in [1.807, 2.05) is 37.3 Å². The molecular weight excluding hydrogens is 460 g/mol. The first-order chi connectivity index (χ1) is 16.9. The van der Waals surface area contributed by atoms with E-state index >= 15 is 0 Å². The molecule has 1 atom stereocenters. The fourth-order valence-electron chi connectivity index (χ4n) is 4.30. The Labute approximate surface area is 207 Å². The van der Waals surface area contributed by atoms with Gasteiger partial charge in [0.2, 0.25) is 0 Å². The predicted molar refractivity (Wildman–Crippen MR) is 138 cm³/mol. The molecule has 1 unspecified atom stereocenters. The third-order valence-electron chi connectivity index (χ3n) is 6.23. The third kappa shape index (κ3) is 3.98. The quantitative estimate of drug-likeness (QED) is 0.220. The Bertz CT molecular complexity index is 1490. The Morgan fingerprint density at radius 3 is 2.57 bits per heavy atom. The van der Waals surface area contributed by atoms with E-state index in [4.69, 9.17) is 4.74 Å². The third-order valence-corrected chi connectivity index (χ3v) is 7.25. The topological polar surface area (TPSA) is 79.7 Å². The smallest absolute Gasteiger partial charge is 0.301 e. The van der Waals surface area contributed by atoms with Gasteiger partial charge in [0.1, 0.15) is 11.5 Å². The van der Waals surface area contributed by atoms with Crippen molar-refractivity contribution in [3.63, 3.8) is 0 Å². The van der Waals surface area contributed by atoms with Crippen molar-refractivity contribution in [3.8, 4) is 5.75 Å². The number of thiazole rings is 1. The van der Waals surface area contributed by atoms with E-state index in [2.05, 4.69) is 18.0 Å². The largest absolute Gasteiger partial charge is 0.507 e. The average molecular weight is 485 g/mol. The molecule has 1 aliphatic rings. The second-order valence-corrected chi connectivity index (χ2v) is 9.47. The number of hydrogen-bond acceptors (Lipinski definition) is 6. The molecule has 2 heterocycles. The van der Waals surface area contributed by atoms with E-state index in [0.717, 1.165) is 22.2 Å². The first kappa shape index (κ1) is 22.8. The van der Waals surface area contributed by atoms with E-state index in [1.54, 1.807) is 37.4 Å². The summed E-state index contributed by atoms with van der Waals surface area (Å²) in [5.41, 5.74) is 4.09. The lowest BCUT2D eigenvalue weighted by Crippen LogP contribution is -2.29. The van der Waals surface area contributed by atoms with Crippen LogP contribution in [0, 0.1) is 6.92 Å². The molecule has 0 saturated carbocycles. The summed E-state index contributed by atoms with van der Waals surface area (Å²) in [6.07, 6.45) is 0.883. The summed E-state index contributed by atoms with van der Waals surface area (Å²) in [7, 11) is 1.56. The highest BCUT2D eigenvalue weighted by atomic mass is 32.1. The van der Waals surface area contributed by atoms with Gasteiger partial charge in [-0.05, 0) is 48.7 Å². The minimum atomic E-state index is -0.849. The molecule has 1 aromatic heterocycles. The van der Waals surface area contributed by atoms with Crippen molar-refractivity contribution < 1.29 is 19.4 Å². The number of aliphatic hydroxyl groups is 1. The molecule has 4 aromatic rings. The second-order valence-electron chi connectivity index (χ2n) is 8.46. The molecule has 3 aromatic carbocycles. The number of methoxy groups -OCH3 is 1. The summed E-state index contributed by atoms with van der Waals surface area (Å²) in [5.74, 6) is -1.10. The highest BCUT2D eigenvalue weighted by Gasteiger charge is 2.48. The average Bonchev–Trinajstić information content (AvgIpc) is 3.41. The zero-order valence-electron chi connectivity index (χ0n) is 19.6. The minimum Gasteiger partial charge on any atom is -0.507 e. The van der Waals surface area contributed by atoms with Crippen molar-refractivity contribution in [1.82, 2.24) is 4.98 Å². The summed E-state index contributed by atoms with van der Waals surface area (Å²) >= 11 is 1.36. The van der Waals surface area contributed by atoms with Crippen LogP contribution in [0.2, 0.25) is 0 Å². The number of aryl methyl sites for hydroxylation is 2. The highest BCUT2D eigenvalue weighted by Crippen LogP contribution is 2.44. The number of anilines is 1. The van der Waals surface area contributed by atoms with E-state index in [0.29, 0.717) is 22.0 Å². The molecule has 7 heteroatoms. The van der Waals surface area contributed by atoms with E-state index < -0.39 is 17.7 Å². The molecule has 6 nitrogen and oxygen atoms in total. The number of fused-ring (bicyclic) bond motifs is 1. The Kier molecular flexibility index (Phi) is 5.86. The molecule has 1 amide bonds. The number of carbonyl (C=O) groups is 2. The number of carbonyl (C=O) groups excluding carboxylic acids is 2. The van der Waals surface area contributed by atoms with E-state index in [9.17, 15) is 14.7 Å². The first-order valence-corrected chi connectivity index (χ1v) is 12.1. The number of rotatable bonds is 5. The normalized spacial score (nSPS) is 17.3. The number of nitrogens with zero attached hydrogens (tertiary/aromatic N) is 2. The summed E-state index contributed by atoms with van der Waals surface area (Å²) < 4.78 is 6.33. The van der Waals surface area contributed by atoms with Crippen molar-refractivity contribution in [2.45, 2.75) is 26.3 Å². The number of Topliss-reactive ketones (excluding diaryl/α,β-unsaturated/α-hetero) is 1. The van der Waals surface area contributed by atoms with E-state index in [1.165, 1.54) is 21.8 Å². The molecular formula is C28H24N2O4S. The van der Waals surface area contributed by atoms with Crippen LogP contribution in [-0.2, 0) is 16.0 Å². The molecule has 0 radical (unpaired) electrons. The zero-order chi connectivity index (χ0) is 24.7. The number of aromatic nitrogens is 1. The van der Waals surface area contributed by atoms with Crippen LogP contribution in [0.15, 0.2) is 72.3 Å². The number of aliphatic hydroxyl groups excluding tert-OH is 1. The SMILES string of the molecule is CCc1ccc2nc(N3C(=O)C(=O)C(=C(O)c4ccc(C)cc4)C3c3cccc(OC)c3)sc2c1. The van der Waals surface area contributed by atoms with Crippen molar-refractivity contribution in [2.75, 3.05) is 12.0 Å². The van der Waals surface area contributed by atoms with Gasteiger partial charge in [0, 0.05) is 5.56 Å². The fourth-order valence-corrected chi connectivity index (χ4v) is 5.36. The maximum absolute atomic E-state index is 13.4. The van der Waals surface area contributed by atoms with Gasteiger partial charge in [0.05, 0.1) is 28.9 Å². The van der Waals surface area contributed by atoms with Crippen LogP contribution in [0.4, 0.5) is 5.13 Å². The predicted octanol–water partition coefficient (Wildman–Crippen LogP) is 5.80. The van der Waals surface area contributed by atoms with Crippen LogP contribution >= 0.6 is 11.3 Å². The van der Waals surface area contributed by atoms with Gasteiger partial charge in [-0.2, -0.15) is 0 Å². The lowest BCUT2D eigenvalue weighted by molar-refractivity contribution is -0.132. The standard InChI is InChI=1S/C28H24N2O4S/c1-4-17-10-13-21-22(14-17)35-28(29-21)30-24(19-6-5-7-20(15-19)34-3)23(26(32)27(30)33)25(31)18-11-8-16(2)9-12-18/h5-15,24,31H,4H2,1-3H3. The molecule has 35 heavy (non-hydrogen) atoms. The summed E-state index contributed by atoms with van der Waals surface area (Å²) in [4.78, 5) is 32.9. The summed E-state index contributed by atoms with van der Waals surface area (Å²) in [6.45, 7) is 4.02. The number of benzene rings is 3. The number of ether oxygens (including phenoxy) is 1. The molecule has 0 spiro atoms. The lowest BCUT2D eigenvalue weighted by Gasteiger charge is -2.23. The van der Waals surface area contributed by atoms with Crippen LogP contribution in [0.1, 0.15) is 35.2 Å². The fraction of sp³-hybridized carbons (Fsp3) is 0.179. The molecule has 176 valence electrons. The molecule has 1 N–H and O–H groups in total. The van der Waals surface area contributed by atoms with Gasteiger partial charge >= 0.3 is 5.91 Å². The lowest BCUT2D eigenvalue weighted by atomic mass is 9.95. The van der Waals surface area contributed by atoms with Crippen molar-refractivity contribution >= 4 is 44.1 Å². The van der Waals surface area contributed by atoms with Gasteiger partial charge in [-0.1, -0.05) is 66.3 Å². The van der Waals surface area contributed by atoms with Crippen molar-refractivity contribution in [2.24, 2.45) is 0 Å². The number of ketones is 1. The van der Waals surface area contributed by atoms with Crippen LogP contribution in [0.25, 0.3) is 16.0 Å². The first-order valence-electron chi connectivity index (χ1n) is 11.3. The van der Waals surface area contributed by atoms with Gasteiger partial charge in [-0.15, -0.1) is 0 Å². The van der Waals surface area contributed by atoms with Crippen LogP contribution < -0.4 is 9.64 Å². The van der Waals surface area contributed by atoms with Gasteiger partial charge in [0.25, 0.3) is 5.78 Å². The Morgan fingerprint density at radius 1 is 1.09 bits per heavy atom. The van der Waals surface area contributed by atoms with Crippen LogP contribution in [0.5, 0.6) is 5.75 Å². The second kappa shape index (κ2) is 9.00. The van der Waals surface area contributed by atoms with Gasteiger partial charge in [-0.25, -0.2) is 4.98 Å². The minimum absolute atomic E-state index is 0.0283. The molecule has 1 aliphatic heterocycles. The van der Waals surface area contributed by atoms with Crippen molar-refractivity contribution in [3.05, 3.63) is 94.6 Å². The maximum Gasteiger partial charge on any atom is 0.301 e. The summed E-state index contributed by atoms with van der Waals surface area (Å²) in [5, 5.41) is 11.7. The Hall–Kier alpha value is -3.97. The summed E-state index contributed by atoms with van der Waals surface area (Å²) in [6, 6.07) is 19.5. The molecule has 0 bridgehead atoms. The number of hydrogen-bond donors (Lipinski definition) is 1. The van der Waals surface area contributed by atoms with Crippen LogP contribution in [0.3, 0.4) is 0 Å². The van der Waals surface area contributed by atoms with Gasteiger partial charge < -0.3 is 9.84 Å². The maximum atomic E-state index is 13.4. The van der Waals surface area contributed by atoms with Crippen molar-refractivity contribution in [1.29, 1.82) is 0 Å². The Balaban J connectivity index is 1.72. The monoisotopic (exact) mass is 484 g/mol. The zero-order valence-corrected chi connectivity index (χ0v) is 20.4.